The van der Waals surface area contributed by atoms with Gasteiger partial charge in [-0.25, -0.2) is 4.79 Å². The number of carbonyl (C=O) groups is 1. The average Bonchev–Trinajstić information content (AvgIpc) is 2.18. The third kappa shape index (κ3) is 5.24. The van der Waals surface area contributed by atoms with Gasteiger partial charge in [-0.05, 0) is 12.8 Å². The molecule has 0 aromatic heterocycles. The zero-order chi connectivity index (χ0) is 11.1. The Hall–Kier alpha value is -1.26. The van der Waals surface area contributed by atoms with Gasteiger partial charge in [-0.15, -0.1) is 0 Å². The highest BCUT2D eigenvalue weighted by Crippen LogP contribution is 2.16. The first-order valence-corrected chi connectivity index (χ1v) is 5.56. The fourth-order valence-corrected chi connectivity index (χ4v) is 1.79. The Morgan fingerprint density at radius 2 is 2.00 bits per heavy atom. The first-order valence-electron chi connectivity index (χ1n) is 5.56. The van der Waals surface area contributed by atoms with E-state index >= 15 is 0 Å². The lowest BCUT2D eigenvalue weighted by molar-refractivity contribution is 0.233. The quantitative estimate of drug-likeness (QED) is 0.412. The summed E-state index contributed by atoms with van der Waals surface area (Å²) in [5.74, 6) is 0.105. The van der Waals surface area contributed by atoms with Crippen molar-refractivity contribution in [2.75, 3.05) is 6.54 Å². The molecule has 0 aromatic carbocycles. The summed E-state index contributed by atoms with van der Waals surface area (Å²) in [6.45, 7) is 0.438. The van der Waals surface area contributed by atoms with Crippen LogP contribution in [0.25, 0.3) is 0 Å². The van der Waals surface area contributed by atoms with Gasteiger partial charge in [0.1, 0.15) is 0 Å². The van der Waals surface area contributed by atoms with Crippen molar-refractivity contribution >= 4 is 11.9 Å². The van der Waals surface area contributed by atoms with E-state index in [0.717, 1.165) is 12.8 Å². The molecular weight excluding hydrogens is 192 g/mol. The van der Waals surface area contributed by atoms with Crippen LogP contribution in [-0.2, 0) is 0 Å². The van der Waals surface area contributed by atoms with Gasteiger partial charge < -0.3 is 16.4 Å². The summed E-state index contributed by atoms with van der Waals surface area (Å²) in [6.07, 6.45) is 6.28. The predicted octanol–water partition coefficient (Wildman–Crippen LogP) is 0.944. The molecule has 0 radical (unpaired) electrons. The molecule has 0 bridgehead atoms. The highest BCUT2D eigenvalue weighted by molar-refractivity contribution is 5.78. The van der Waals surface area contributed by atoms with E-state index in [2.05, 4.69) is 10.6 Å². The van der Waals surface area contributed by atoms with E-state index in [1.807, 2.05) is 0 Å². The van der Waals surface area contributed by atoms with Crippen LogP contribution in [0.15, 0.2) is 0 Å². The minimum atomic E-state index is -0.136. The minimum absolute atomic E-state index is 0.105. The first kappa shape index (κ1) is 11.8. The van der Waals surface area contributed by atoms with Crippen LogP contribution in [0.3, 0.4) is 0 Å². The summed E-state index contributed by atoms with van der Waals surface area (Å²) < 4.78 is 0. The Kier molecular flexibility index (Phi) is 4.93. The molecule has 0 atom stereocenters. The molecule has 0 aromatic rings. The largest absolute Gasteiger partial charge is 0.388 e. The number of nitrogens with one attached hydrogen (secondary N) is 3. The molecule has 1 aliphatic carbocycles. The number of amidine groups is 1. The van der Waals surface area contributed by atoms with Gasteiger partial charge >= 0.3 is 6.03 Å². The average molecular weight is 212 g/mol. The molecule has 86 valence electrons. The minimum Gasteiger partial charge on any atom is -0.388 e. The predicted molar refractivity (Wildman–Crippen MR) is 59.9 cm³/mol. The molecular formula is C10H20N4O. The van der Waals surface area contributed by atoms with E-state index in [9.17, 15) is 4.79 Å². The fraction of sp³-hybridized carbons (Fsp3) is 0.800. The van der Waals surface area contributed by atoms with Crippen molar-refractivity contribution in [3.63, 3.8) is 0 Å². The Labute approximate surface area is 90.3 Å². The second-order valence-electron chi connectivity index (χ2n) is 4.01. The molecule has 1 aliphatic rings. The highest BCUT2D eigenvalue weighted by Gasteiger charge is 2.14. The van der Waals surface area contributed by atoms with Crippen molar-refractivity contribution in [3.8, 4) is 0 Å². The Balaban J connectivity index is 2.09. The van der Waals surface area contributed by atoms with Gasteiger partial charge in [-0.1, -0.05) is 19.3 Å². The van der Waals surface area contributed by atoms with Crippen molar-refractivity contribution in [2.24, 2.45) is 5.73 Å². The molecule has 1 rings (SSSR count). The lowest BCUT2D eigenvalue weighted by Gasteiger charge is -2.22. The second kappa shape index (κ2) is 6.27. The first-order chi connectivity index (χ1) is 7.18. The molecule has 0 saturated heterocycles. The van der Waals surface area contributed by atoms with Gasteiger partial charge in [0.25, 0.3) is 0 Å². The lowest BCUT2D eigenvalue weighted by atomic mass is 9.96. The van der Waals surface area contributed by atoms with Crippen LogP contribution in [-0.4, -0.2) is 24.5 Å². The monoisotopic (exact) mass is 212 g/mol. The van der Waals surface area contributed by atoms with E-state index < -0.39 is 0 Å². The third-order valence-corrected chi connectivity index (χ3v) is 2.62. The van der Waals surface area contributed by atoms with E-state index in [4.69, 9.17) is 11.1 Å². The number of hydrogen-bond donors (Lipinski definition) is 4. The smallest absolute Gasteiger partial charge is 0.315 e. The Bertz CT molecular complexity index is 223. The molecule has 1 saturated carbocycles. The number of urea groups is 1. The van der Waals surface area contributed by atoms with E-state index in [1.165, 1.54) is 19.3 Å². The summed E-state index contributed by atoms with van der Waals surface area (Å²) in [5.41, 5.74) is 5.17. The van der Waals surface area contributed by atoms with Crippen LogP contribution in [0.1, 0.15) is 38.5 Å². The van der Waals surface area contributed by atoms with Crippen LogP contribution in [0.2, 0.25) is 0 Å². The summed E-state index contributed by atoms with van der Waals surface area (Å²) >= 11 is 0. The van der Waals surface area contributed by atoms with Crippen LogP contribution in [0, 0.1) is 5.41 Å². The van der Waals surface area contributed by atoms with Crippen LogP contribution < -0.4 is 16.4 Å². The molecule has 0 heterocycles. The Morgan fingerprint density at radius 3 is 2.60 bits per heavy atom. The van der Waals surface area contributed by atoms with Gasteiger partial charge in [0, 0.05) is 19.0 Å². The van der Waals surface area contributed by atoms with Crippen LogP contribution in [0.4, 0.5) is 4.79 Å². The molecule has 5 nitrogen and oxygen atoms in total. The van der Waals surface area contributed by atoms with E-state index in [0.29, 0.717) is 19.0 Å². The molecule has 1 fully saturated rings. The number of carbonyl (C=O) groups excluding carboxylic acids is 1. The van der Waals surface area contributed by atoms with Gasteiger partial charge in [-0.2, -0.15) is 0 Å². The summed E-state index contributed by atoms with van der Waals surface area (Å²) in [7, 11) is 0. The van der Waals surface area contributed by atoms with Crippen LogP contribution >= 0.6 is 0 Å². The lowest BCUT2D eigenvalue weighted by Crippen LogP contribution is -2.43. The van der Waals surface area contributed by atoms with Crippen molar-refractivity contribution < 1.29 is 4.79 Å². The number of nitrogens with two attached hydrogens (primary N) is 1. The summed E-state index contributed by atoms with van der Waals surface area (Å²) in [4.78, 5) is 11.4. The SMILES string of the molecule is N=C(N)CCNC(=O)NC1CCCCC1. The zero-order valence-electron chi connectivity index (χ0n) is 9.01. The molecule has 2 amide bonds. The summed E-state index contributed by atoms with van der Waals surface area (Å²) in [5, 5.41) is 12.6. The van der Waals surface area contributed by atoms with Gasteiger partial charge in [0.2, 0.25) is 0 Å². The van der Waals surface area contributed by atoms with Crippen molar-refractivity contribution in [3.05, 3.63) is 0 Å². The van der Waals surface area contributed by atoms with E-state index in [-0.39, 0.29) is 11.9 Å². The maximum atomic E-state index is 11.4. The Morgan fingerprint density at radius 1 is 1.33 bits per heavy atom. The third-order valence-electron chi connectivity index (χ3n) is 2.62. The molecule has 15 heavy (non-hydrogen) atoms. The fourth-order valence-electron chi connectivity index (χ4n) is 1.79. The standard InChI is InChI=1S/C10H20N4O/c11-9(12)6-7-13-10(15)14-8-4-2-1-3-5-8/h8H,1-7H2,(H3,11,12)(H2,13,14,15). The van der Waals surface area contributed by atoms with Crippen molar-refractivity contribution in [1.82, 2.24) is 10.6 Å². The molecule has 0 unspecified atom stereocenters. The van der Waals surface area contributed by atoms with Crippen molar-refractivity contribution in [1.29, 1.82) is 5.41 Å². The maximum Gasteiger partial charge on any atom is 0.315 e. The van der Waals surface area contributed by atoms with Gasteiger partial charge in [-0.3, -0.25) is 5.41 Å². The van der Waals surface area contributed by atoms with Crippen molar-refractivity contribution in [2.45, 2.75) is 44.6 Å². The van der Waals surface area contributed by atoms with Gasteiger partial charge in [0.15, 0.2) is 0 Å². The maximum absolute atomic E-state index is 11.4. The molecule has 5 N–H and O–H groups in total. The number of rotatable bonds is 4. The second-order valence-corrected chi connectivity index (χ2v) is 4.01. The number of hydrogen-bond acceptors (Lipinski definition) is 2. The van der Waals surface area contributed by atoms with E-state index in [1.54, 1.807) is 0 Å². The molecule has 0 spiro atoms. The van der Waals surface area contributed by atoms with Gasteiger partial charge in [0.05, 0.1) is 5.84 Å². The highest BCUT2D eigenvalue weighted by atomic mass is 16.2. The molecule has 5 heteroatoms. The molecule has 0 aliphatic heterocycles. The van der Waals surface area contributed by atoms with Crippen LogP contribution in [0.5, 0.6) is 0 Å². The number of amides is 2. The zero-order valence-corrected chi connectivity index (χ0v) is 9.01. The normalized spacial score (nSPS) is 17.1. The topological polar surface area (TPSA) is 91.0 Å². The summed E-state index contributed by atoms with van der Waals surface area (Å²) in [6, 6.07) is 0.194.